The normalized spacial score (nSPS) is 23.2. The Balaban J connectivity index is 2.04. The number of nitrogens with one attached hydrogen (secondary N) is 1. The maximum Gasteiger partial charge on any atom is 0.303 e. The van der Waals surface area contributed by atoms with Crippen molar-refractivity contribution in [3.63, 3.8) is 0 Å². The van der Waals surface area contributed by atoms with E-state index in [1.165, 1.54) is 32.9 Å². The molecule has 0 radical (unpaired) electrons. The van der Waals surface area contributed by atoms with Crippen LogP contribution in [-0.4, -0.2) is 52.7 Å². The number of nitro benzene ring substituents is 1. The summed E-state index contributed by atoms with van der Waals surface area (Å²) in [6.07, 6.45) is -2.34. The predicted molar refractivity (Wildman–Crippen MR) is 100 cm³/mol. The van der Waals surface area contributed by atoms with Gasteiger partial charge in [0.1, 0.15) is 18.8 Å². The van der Waals surface area contributed by atoms with E-state index in [-0.39, 0.29) is 12.3 Å². The van der Waals surface area contributed by atoms with Crippen molar-refractivity contribution in [2.24, 2.45) is 0 Å². The first-order valence-electron chi connectivity index (χ1n) is 9.06. The minimum absolute atomic E-state index is 0.126. The van der Waals surface area contributed by atoms with Crippen LogP contribution in [0, 0.1) is 10.1 Å². The van der Waals surface area contributed by atoms with Crippen molar-refractivity contribution in [1.29, 1.82) is 0 Å². The Morgan fingerprint density at radius 1 is 1.10 bits per heavy atom. The Bertz CT molecular complexity index is 999. The number of carbonyl (C=O) groups is 3. The summed E-state index contributed by atoms with van der Waals surface area (Å²) in [5.74, 6) is -1.83. The third-order valence-electron chi connectivity index (χ3n) is 4.58. The highest BCUT2D eigenvalue weighted by molar-refractivity contribution is 5.86. The van der Waals surface area contributed by atoms with Gasteiger partial charge in [-0.15, -0.1) is 0 Å². The number of rotatable bonds is 6. The summed E-state index contributed by atoms with van der Waals surface area (Å²) in [6, 6.07) is 4.27. The maximum absolute atomic E-state index is 11.7. The fourth-order valence-corrected chi connectivity index (χ4v) is 3.45. The number of aromatic nitrogens is 1. The van der Waals surface area contributed by atoms with Crippen molar-refractivity contribution in [1.82, 2.24) is 4.98 Å². The molecule has 1 saturated heterocycles. The van der Waals surface area contributed by atoms with Crippen LogP contribution >= 0.6 is 0 Å². The van der Waals surface area contributed by atoms with E-state index in [4.69, 9.17) is 18.9 Å². The second-order valence-corrected chi connectivity index (χ2v) is 6.78. The van der Waals surface area contributed by atoms with Gasteiger partial charge in [0.25, 0.3) is 5.69 Å². The lowest BCUT2D eigenvalue weighted by atomic mass is 10.00. The lowest BCUT2D eigenvalue weighted by molar-refractivity contribution is -0.384. The molecule has 1 aliphatic rings. The molecule has 0 aliphatic carbocycles. The molecule has 1 aromatic carbocycles. The first-order chi connectivity index (χ1) is 14.2. The zero-order chi connectivity index (χ0) is 22.0. The van der Waals surface area contributed by atoms with Gasteiger partial charge in [-0.1, -0.05) is 0 Å². The number of nitro groups is 1. The highest BCUT2D eigenvalue weighted by atomic mass is 16.7. The number of hydrogen-bond acceptors (Lipinski definition) is 9. The van der Waals surface area contributed by atoms with Crippen LogP contribution in [0.5, 0.6) is 0 Å². The van der Waals surface area contributed by atoms with Gasteiger partial charge in [0.2, 0.25) is 0 Å². The quantitative estimate of drug-likeness (QED) is 0.320. The average molecular weight is 420 g/mol. The summed E-state index contributed by atoms with van der Waals surface area (Å²) >= 11 is 0. The van der Waals surface area contributed by atoms with E-state index < -0.39 is 47.2 Å². The molecule has 11 heteroatoms. The number of carbonyl (C=O) groups excluding carboxylic acids is 3. The average Bonchev–Trinajstić information content (AvgIpc) is 3.20. The highest BCUT2D eigenvalue weighted by Crippen LogP contribution is 2.41. The Morgan fingerprint density at radius 3 is 2.37 bits per heavy atom. The molecule has 3 rings (SSSR count). The maximum atomic E-state index is 11.7. The molecule has 30 heavy (non-hydrogen) atoms. The molecule has 0 amide bonds. The minimum atomic E-state index is -1.05. The molecule has 2 aromatic rings. The third kappa shape index (κ3) is 4.40. The Labute approximate surface area is 170 Å². The van der Waals surface area contributed by atoms with E-state index in [9.17, 15) is 24.5 Å². The Kier molecular flexibility index (Phi) is 6.01. The lowest BCUT2D eigenvalue weighted by Crippen LogP contribution is -2.40. The van der Waals surface area contributed by atoms with E-state index in [1.54, 1.807) is 12.3 Å². The summed E-state index contributed by atoms with van der Waals surface area (Å²) in [5.41, 5.74) is 0.953. The third-order valence-corrected chi connectivity index (χ3v) is 4.58. The van der Waals surface area contributed by atoms with Crippen molar-refractivity contribution in [3.8, 4) is 0 Å². The number of nitrogens with zero attached hydrogens (tertiary/aromatic N) is 1. The minimum Gasteiger partial charge on any atom is -0.463 e. The number of hydrogen-bond donors (Lipinski definition) is 1. The van der Waals surface area contributed by atoms with E-state index in [1.807, 2.05) is 0 Å². The second kappa shape index (κ2) is 8.49. The van der Waals surface area contributed by atoms with Gasteiger partial charge in [0, 0.05) is 55.6 Å². The van der Waals surface area contributed by atoms with Gasteiger partial charge in [-0.25, -0.2) is 0 Å². The van der Waals surface area contributed by atoms with Crippen molar-refractivity contribution in [2.75, 3.05) is 6.61 Å². The van der Waals surface area contributed by atoms with Crippen LogP contribution in [0.4, 0.5) is 5.69 Å². The van der Waals surface area contributed by atoms with E-state index >= 15 is 0 Å². The molecule has 1 fully saturated rings. The van der Waals surface area contributed by atoms with E-state index in [2.05, 4.69) is 4.98 Å². The van der Waals surface area contributed by atoms with Crippen LogP contribution in [0.1, 0.15) is 32.4 Å². The predicted octanol–water partition coefficient (Wildman–Crippen LogP) is 1.94. The smallest absolute Gasteiger partial charge is 0.303 e. The van der Waals surface area contributed by atoms with Crippen LogP contribution in [-0.2, 0) is 33.3 Å². The zero-order valence-electron chi connectivity index (χ0n) is 16.4. The molecule has 0 spiro atoms. The van der Waals surface area contributed by atoms with Crippen molar-refractivity contribution < 1.29 is 38.3 Å². The molecule has 0 bridgehead atoms. The molecule has 160 valence electrons. The molecule has 1 aromatic heterocycles. The summed E-state index contributed by atoms with van der Waals surface area (Å²) < 4.78 is 21.7. The van der Waals surface area contributed by atoms with Gasteiger partial charge in [-0.2, -0.15) is 0 Å². The summed E-state index contributed by atoms with van der Waals surface area (Å²) in [4.78, 5) is 48.2. The number of fused-ring (bicyclic) bond motifs is 1. The van der Waals surface area contributed by atoms with Crippen LogP contribution in [0.25, 0.3) is 10.9 Å². The second-order valence-electron chi connectivity index (χ2n) is 6.78. The van der Waals surface area contributed by atoms with Gasteiger partial charge in [0.05, 0.1) is 4.92 Å². The van der Waals surface area contributed by atoms with Crippen LogP contribution in [0.15, 0.2) is 24.4 Å². The standard InChI is InChI=1S/C19H20N2O9/c1-9(22)27-8-16-18(28-10(2)23)19(29-11(3)24)17(30-16)14-7-20-15-5-4-12(21(25)26)6-13(14)15/h4-7,16-20H,8H2,1-3H3/t16-,17+,18-,19+/m1/s1. The van der Waals surface area contributed by atoms with E-state index in [0.717, 1.165) is 0 Å². The van der Waals surface area contributed by atoms with E-state index in [0.29, 0.717) is 16.5 Å². The molecule has 1 N–H and O–H groups in total. The van der Waals surface area contributed by atoms with Gasteiger partial charge in [-0.3, -0.25) is 24.5 Å². The van der Waals surface area contributed by atoms with Gasteiger partial charge >= 0.3 is 17.9 Å². The number of H-pyrrole nitrogens is 1. The molecule has 1 aliphatic heterocycles. The number of esters is 3. The number of non-ortho nitro benzene ring substituents is 1. The first-order valence-corrected chi connectivity index (χ1v) is 9.06. The SMILES string of the molecule is CC(=O)OC[C@H]1O[C@@H](c2c[nH]c3ccc([N+](=O)[O-])cc23)[C@H](OC(C)=O)[C@@H]1OC(C)=O. The van der Waals surface area contributed by atoms with Crippen LogP contribution < -0.4 is 0 Å². The molecular weight excluding hydrogens is 400 g/mol. The molecule has 0 saturated carbocycles. The summed E-state index contributed by atoms with van der Waals surface area (Å²) in [5, 5.41) is 11.7. The van der Waals surface area contributed by atoms with Crippen molar-refractivity contribution in [2.45, 2.75) is 45.2 Å². The van der Waals surface area contributed by atoms with Gasteiger partial charge < -0.3 is 23.9 Å². The van der Waals surface area contributed by atoms with Crippen LogP contribution in [0.2, 0.25) is 0 Å². The number of aromatic amines is 1. The number of ether oxygens (including phenoxy) is 4. The van der Waals surface area contributed by atoms with Gasteiger partial charge in [0.15, 0.2) is 12.2 Å². The fourth-order valence-electron chi connectivity index (χ4n) is 3.45. The summed E-state index contributed by atoms with van der Waals surface area (Å²) in [7, 11) is 0. The molecule has 0 unspecified atom stereocenters. The van der Waals surface area contributed by atoms with Crippen molar-refractivity contribution >= 4 is 34.5 Å². The molecular formula is C19H20N2O9. The summed E-state index contributed by atoms with van der Waals surface area (Å²) in [6.45, 7) is 3.37. The monoisotopic (exact) mass is 420 g/mol. The topological polar surface area (TPSA) is 147 Å². The lowest BCUT2D eigenvalue weighted by Gasteiger charge is -2.23. The van der Waals surface area contributed by atoms with Crippen molar-refractivity contribution in [3.05, 3.63) is 40.1 Å². The highest BCUT2D eigenvalue weighted by Gasteiger charge is 2.50. The Morgan fingerprint density at radius 2 is 1.77 bits per heavy atom. The largest absolute Gasteiger partial charge is 0.463 e. The molecule has 2 heterocycles. The Hall–Kier alpha value is -3.47. The van der Waals surface area contributed by atoms with Gasteiger partial charge in [-0.05, 0) is 6.07 Å². The van der Waals surface area contributed by atoms with Crippen LogP contribution in [0.3, 0.4) is 0 Å². The molecule has 11 nitrogen and oxygen atoms in total. The fraction of sp³-hybridized carbons (Fsp3) is 0.421. The molecule has 4 atom stereocenters. The first kappa shape index (κ1) is 21.2. The number of benzene rings is 1. The zero-order valence-corrected chi connectivity index (χ0v) is 16.4.